The van der Waals surface area contributed by atoms with Crippen molar-refractivity contribution in [3.05, 3.63) is 23.9 Å². The number of aromatic nitrogens is 1. The van der Waals surface area contributed by atoms with E-state index in [1.807, 2.05) is 25.1 Å². The monoisotopic (exact) mass is 250 g/mol. The van der Waals surface area contributed by atoms with Gasteiger partial charge in [-0.3, -0.25) is 4.79 Å². The van der Waals surface area contributed by atoms with Gasteiger partial charge in [-0.25, -0.2) is 4.98 Å². The maximum Gasteiger partial charge on any atom is 0.219 e. The van der Waals surface area contributed by atoms with Gasteiger partial charge in [-0.05, 0) is 13.0 Å². The molecule has 1 atom stereocenters. The van der Waals surface area contributed by atoms with E-state index in [9.17, 15) is 4.79 Å². The van der Waals surface area contributed by atoms with Gasteiger partial charge in [0.05, 0.1) is 19.8 Å². The lowest BCUT2D eigenvalue weighted by Crippen LogP contribution is -2.38. The fourth-order valence-corrected chi connectivity index (χ4v) is 1.89. The highest BCUT2D eigenvalue weighted by atomic mass is 16.5. The first-order chi connectivity index (χ1) is 8.65. The van der Waals surface area contributed by atoms with Crippen LogP contribution in [0.2, 0.25) is 0 Å². The molecule has 98 valence electrons. The zero-order valence-electron chi connectivity index (χ0n) is 10.8. The van der Waals surface area contributed by atoms with Gasteiger partial charge >= 0.3 is 0 Å². The van der Waals surface area contributed by atoms with Crippen LogP contribution in [0.15, 0.2) is 18.2 Å². The fraction of sp³-hybridized carbons (Fsp3) is 0.538. The minimum Gasteiger partial charge on any atom is -0.470 e. The molecule has 2 heterocycles. The summed E-state index contributed by atoms with van der Waals surface area (Å²) in [5, 5.41) is 0. The van der Waals surface area contributed by atoms with Crippen LogP contribution in [-0.4, -0.2) is 48.2 Å². The van der Waals surface area contributed by atoms with E-state index < -0.39 is 0 Å². The van der Waals surface area contributed by atoms with Gasteiger partial charge in [0, 0.05) is 25.2 Å². The van der Waals surface area contributed by atoms with Gasteiger partial charge in [0.25, 0.3) is 0 Å². The number of amides is 1. The van der Waals surface area contributed by atoms with Crippen molar-refractivity contribution in [1.82, 2.24) is 9.88 Å². The SMILES string of the molecule is CC(=O)N1CCOC[C@H](Oc2cccc(C)n2)C1. The van der Waals surface area contributed by atoms with Gasteiger partial charge in [-0.2, -0.15) is 0 Å². The fourth-order valence-electron chi connectivity index (χ4n) is 1.89. The predicted molar refractivity (Wildman–Crippen MR) is 66.5 cm³/mol. The molecule has 1 aliphatic heterocycles. The summed E-state index contributed by atoms with van der Waals surface area (Å²) in [6.07, 6.45) is -0.161. The van der Waals surface area contributed by atoms with Crippen molar-refractivity contribution in [1.29, 1.82) is 0 Å². The second kappa shape index (κ2) is 5.82. The van der Waals surface area contributed by atoms with Crippen LogP contribution in [0.3, 0.4) is 0 Å². The van der Waals surface area contributed by atoms with Gasteiger partial charge in [0.15, 0.2) is 0 Å². The molecule has 0 N–H and O–H groups in total. The number of nitrogens with zero attached hydrogens (tertiary/aromatic N) is 2. The minimum absolute atomic E-state index is 0.0475. The average Bonchev–Trinajstić information content (AvgIpc) is 2.55. The number of hydrogen-bond acceptors (Lipinski definition) is 4. The lowest BCUT2D eigenvalue weighted by atomic mass is 10.3. The average molecular weight is 250 g/mol. The standard InChI is InChI=1S/C13H18N2O3/c1-10-4-3-5-13(14-10)18-12-8-15(11(2)16)6-7-17-9-12/h3-5,12H,6-9H2,1-2H3/t12-/m1/s1. The molecule has 0 unspecified atom stereocenters. The summed E-state index contributed by atoms with van der Waals surface area (Å²) >= 11 is 0. The normalized spacial score (nSPS) is 20.3. The molecule has 1 aromatic heterocycles. The third-order valence-electron chi connectivity index (χ3n) is 2.83. The molecule has 2 rings (SSSR count). The molecule has 18 heavy (non-hydrogen) atoms. The van der Waals surface area contributed by atoms with E-state index in [0.29, 0.717) is 32.2 Å². The Morgan fingerprint density at radius 2 is 2.39 bits per heavy atom. The molecular weight excluding hydrogens is 232 g/mol. The Bertz CT molecular complexity index is 422. The van der Waals surface area contributed by atoms with E-state index in [1.54, 1.807) is 11.8 Å². The van der Waals surface area contributed by atoms with Gasteiger partial charge in [-0.15, -0.1) is 0 Å². The highest BCUT2D eigenvalue weighted by Crippen LogP contribution is 2.12. The molecule has 1 amide bonds. The maximum absolute atomic E-state index is 11.4. The number of carbonyl (C=O) groups excluding carboxylic acids is 1. The zero-order valence-corrected chi connectivity index (χ0v) is 10.8. The van der Waals surface area contributed by atoms with Crippen LogP contribution in [0, 0.1) is 6.92 Å². The van der Waals surface area contributed by atoms with Crippen LogP contribution in [0.25, 0.3) is 0 Å². The van der Waals surface area contributed by atoms with E-state index >= 15 is 0 Å². The highest BCUT2D eigenvalue weighted by Gasteiger charge is 2.21. The smallest absolute Gasteiger partial charge is 0.219 e. The molecule has 0 bridgehead atoms. The molecule has 5 heteroatoms. The number of ether oxygens (including phenoxy) is 2. The minimum atomic E-state index is -0.161. The second-order valence-electron chi connectivity index (χ2n) is 4.40. The first-order valence-corrected chi connectivity index (χ1v) is 6.09. The Kier molecular flexibility index (Phi) is 4.15. The molecule has 1 aromatic rings. The van der Waals surface area contributed by atoms with E-state index in [0.717, 1.165) is 5.69 Å². The summed E-state index contributed by atoms with van der Waals surface area (Å²) in [4.78, 5) is 17.4. The molecule has 1 fully saturated rings. The Hall–Kier alpha value is -1.62. The van der Waals surface area contributed by atoms with Crippen molar-refractivity contribution >= 4 is 5.91 Å². The summed E-state index contributed by atoms with van der Waals surface area (Å²) < 4.78 is 11.2. The Balaban J connectivity index is 2.01. The largest absolute Gasteiger partial charge is 0.470 e. The highest BCUT2D eigenvalue weighted by molar-refractivity contribution is 5.73. The molecule has 1 saturated heterocycles. The molecule has 1 aliphatic rings. The van der Waals surface area contributed by atoms with E-state index in [1.165, 1.54) is 0 Å². The molecule has 0 aromatic carbocycles. The van der Waals surface area contributed by atoms with Gasteiger partial charge in [-0.1, -0.05) is 6.07 Å². The first kappa shape index (κ1) is 12.8. The summed E-state index contributed by atoms with van der Waals surface area (Å²) in [5.41, 5.74) is 0.908. The van der Waals surface area contributed by atoms with E-state index in [-0.39, 0.29) is 12.0 Å². The van der Waals surface area contributed by atoms with Crippen molar-refractivity contribution in [3.8, 4) is 5.88 Å². The van der Waals surface area contributed by atoms with Gasteiger partial charge in [0.1, 0.15) is 6.10 Å². The van der Waals surface area contributed by atoms with Crippen LogP contribution in [0.4, 0.5) is 0 Å². The van der Waals surface area contributed by atoms with Gasteiger partial charge in [0.2, 0.25) is 11.8 Å². The molecule has 5 nitrogen and oxygen atoms in total. The van der Waals surface area contributed by atoms with E-state index in [2.05, 4.69) is 4.98 Å². The molecule has 0 spiro atoms. The van der Waals surface area contributed by atoms with Crippen LogP contribution in [0.5, 0.6) is 5.88 Å². The summed E-state index contributed by atoms with van der Waals surface area (Å²) in [6.45, 7) is 5.69. The first-order valence-electron chi connectivity index (χ1n) is 6.09. The lowest BCUT2D eigenvalue weighted by Gasteiger charge is -2.22. The molecule has 0 aliphatic carbocycles. The summed E-state index contributed by atoms with van der Waals surface area (Å²) in [6, 6.07) is 5.63. The summed E-state index contributed by atoms with van der Waals surface area (Å²) in [5.74, 6) is 0.625. The van der Waals surface area contributed by atoms with Crippen LogP contribution >= 0.6 is 0 Å². The third-order valence-corrected chi connectivity index (χ3v) is 2.83. The van der Waals surface area contributed by atoms with Gasteiger partial charge < -0.3 is 14.4 Å². The van der Waals surface area contributed by atoms with Crippen LogP contribution in [0.1, 0.15) is 12.6 Å². The summed E-state index contributed by atoms with van der Waals surface area (Å²) in [7, 11) is 0. The number of hydrogen-bond donors (Lipinski definition) is 0. The van der Waals surface area contributed by atoms with Crippen molar-refractivity contribution in [2.75, 3.05) is 26.3 Å². The molecule has 0 saturated carbocycles. The zero-order chi connectivity index (χ0) is 13.0. The topological polar surface area (TPSA) is 51.7 Å². The van der Waals surface area contributed by atoms with Crippen LogP contribution in [-0.2, 0) is 9.53 Å². The molecule has 0 radical (unpaired) electrons. The van der Waals surface area contributed by atoms with Crippen molar-refractivity contribution in [2.24, 2.45) is 0 Å². The van der Waals surface area contributed by atoms with Crippen molar-refractivity contribution in [3.63, 3.8) is 0 Å². The van der Waals surface area contributed by atoms with Crippen LogP contribution < -0.4 is 4.74 Å². The quantitative estimate of drug-likeness (QED) is 0.786. The molecular formula is C13H18N2O3. The number of aryl methyl sites for hydroxylation is 1. The predicted octanol–water partition coefficient (Wildman–Crippen LogP) is 1.02. The second-order valence-corrected chi connectivity index (χ2v) is 4.40. The maximum atomic E-state index is 11.4. The van der Waals surface area contributed by atoms with Crippen molar-refractivity contribution < 1.29 is 14.3 Å². The third kappa shape index (κ3) is 3.43. The number of carbonyl (C=O) groups is 1. The Labute approximate surface area is 107 Å². The Morgan fingerprint density at radius 3 is 3.11 bits per heavy atom. The lowest BCUT2D eigenvalue weighted by molar-refractivity contribution is -0.129. The number of rotatable bonds is 2. The Morgan fingerprint density at radius 1 is 1.56 bits per heavy atom. The van der Waals surface area contributed by atoms with Crippen molar-refractivity contribution in [2.45, 2.75) is 20.0 Å². The van der Waals surface area contributed by atoms with E-state index in [4.69, 9.17) is 9.47 Å². The number of pyridine rings is 1.